The Labute approximate surface area is 130 Å². The summed E-state index contributed by atoms with van der Waals surface area (Å²) in [6, 6.07) is 7.34. The third-order valence-electron chi connectivity index (χ3n) is 3.06. The number of halogens is 1. The van der Waals surface area contributed by atoms with Crippen LogP contribution in [-0.2, 0) is 16.1 Å². The Morgan fingerprint density at radius 2 is 2.00 bits per heavy atom. The molecule has 0 unspecified atom stereocenters. The van der Waals surface area contributed by atoms with Crippen LogP contribution in [0.4, 0.5) is 4.39 Å². The molecule has 1 aromatic heterocycles. The SMILES string of the molecule is C[C@@H](NC(=O)Cn1nc(-c2ccccc2F)ccc1=O)C(=O)O. The van der Waals surface area contributed by atoms with Crippen LogP contribution in [0.1, 0.15) is 6.92 Å². The van der Waals surface area contributed by atoms with Gasteiger partial charge in [0.1, 0.15) is 18.4 Å². The lowest BCUT2D eigenvalue weighted by molar-refractivity contribution is -0.141. The molecule has 0 radical (unpaired) electrons. The van der Waals surface area contributed by atoms with E-state index in [1.165, 1.54) is 37.3 Å². The van der Waals surface area contributed by atoms with Crippen molar-refractivity contribution in [3.05, 3.63) is 52.6 Å². The highest BCUT2D eigenvalue weighted by molar-refractivity contribution is 5.83. The number of nitrogens with zero attached hydrogens (tertiary/aromatic N) is 2. The number of carbonyl (C=O) groups excluding carboxylic acids is 1. The Morgan fingerprint density at radius 3 is 2.65 bits per heavy atom. The fourth-order valence-corrected chi connectivity index (χ4v) is 1.86. The molecule has 1 amide bonds. The molecule has 0 aliphatic heterocycles. The highest BCUT2D eigenvalue weighted by Crippen LogP contribution is 2.18. The van der Waals surface area contributed by atoms with Crippen molar-refractivity contribution in [1.29, 1.82) is 0 Å². The first-order chi connectivity index (χ1) is 10.9. The molecule has 23 heavy (non-hydrogen) atoms. The topological polar surface area (TPSA) is 101 Å². The molecule has 2 N–H and O–H groups in total. The van der Waals surface area contributed by atoms with Gasteiger partial charge in [0.2, 0.25) is 5.91 Å². The van der Waals surface area contributed by atoms with Gasteiger partial charge in [-0.25, -0.2) is 9.07 Å². The molecular weight excluding hydrogens is 305 g/mol. The molecule has 2 rings (SSSR count). The lowest BCUT2D eigenvalue weighted by Gasteiger charge is -2.11. The number of aliphatic carboxylic acids is 1. The van der Waals surface area contributed by atoms with Crippen molar-refractivity contribution >= 4 is 11.9 Å². The number of hydrogen-bond donors (Lipinski definition) is 2. The van der Waals surface area contributed by atoms with Gasteiger partial charge >= 0.3 is 5.97 Å². The molecule has 7 nitrogen and oxygen atoms in total. The predicted octanol–water partition coefficient (Wildman–Crippen LogP) is 0.639. The average Bonchev–Trinajstić information content (AvgIpc) is 2.50. The van der Waals surface area contributed by atoms with E-state index in [2.05, 4.69) is 10.4 Å². The Morgan fingerprint density at radius 1 is 1.30 bits per heavy atom. The minimum absolute atomic E-state index is 0.195. The summed E-state index contributed by atoms with van der Waals surface area (Å²) in [7, 11) is 0. The van der Waals surface area contributed by atoms with Crippen LogP contribution in [0.5, 0.6) is 0 Å². The van der Waals surface area contributed by atoms with E-state index in [9.17, 15) is 18.8 Å². The van der Waals surface area contributed by atoms with E-state index >= 15 is 0 Å². The zero-order chi connectivity index (χ0) is 17.0. The van der Waals surface area contributed by atoms with Crippen LogP contribution >= 0.6 is 0 Å². The van der Waals surface area contributed by atoms with Crippen molar-refractivity contribution < 1.29 is 19.1 Å². The standard InChI is InChI=1S/C15H14FN3O4/c1-9(15(22)23)17-13(20)8-19-14(21)7-6-12(18-19)10-4-2-3-5-11(10)16/h2-7,9H,8H2,1H3,(H,17,20)(H,22,23)/t9-/m1/s1. The predicted molar refractivity (Wildman–Crippen MR) is 79.1 cm³/mol. The molecule has 0 saturated heterocycles. The van der Waals surface area contributed by atoms with Crippen LogP contribution in [-0.4, -0.2) is 32.8 Å². The van der Waals surface area contributed by atoms with E-state index in [1.807, 2.05) is 0 Å². The number of carbonyl (C=O) groups is 2. The maximum absolute atomic E-state index is 13.8. The second-order valence-corrected chi connectivity index (χ2v) is 4.82. The van der Waals surface area contributed by atoms with Gasteiger partial charge < -0.3 is 10.4 Å². The molecule has 0 spiro atoms. The number of carboxylic acid groups (broad SMARTS) is 1. The summed E-state index contributed by atoms with van der Waals surface area (Å²) in [5.41, 5.74) is -0.162. The number of hydrogen-bond acceptors (Lipinski definition) is 4. The molecule has 0 fully saturated rings. The summed E-state index contributed by atoms with van der Waals surface area (Å²) in [5, 5.41) is 14.9. The minimum Gasteiger partial charge on any atom is -0.480 e. The average molecular weight is 319 g/mol. The smallest absolute Gasteiger partial charge is 0.325 e. The summed E-state index contributed by atoms with van der Waals surface area (Å²) in [6.07, 6.45) is 0. The molecule has 1 atom stereocenters. The van der Waals surface area contributed by atoms with Gasteiger partial charge in [-0.15, -0.1) is 0 Å². The van der Waals surface area contributed by atoms with E-state index in [4.69, 9.17) is 5.11 Å². The Hall–Kier alpha value is -3.03. The van der Waals surface area contributed by atoms with Crippen LogP contribution in [0.2, 0.25) is 0 Å². The number of rotatable bonds is 5. The van der Waals surface area contributed by atoms with Crippen LogP contribution in [0.25, 0.3) is 11.3 Å². The summed E-state index contributed by atoms with van der Waals surface area (Å²) in [6.45, 7) is 0.838. The molecule has 0 aliphatic carbocycles. The second kappa shape index (κ2) is 6.82. The van der Waals surface area contributed by atoms with Gasteiger partial charge in [0.05, 0.1) is 5.69 Å². The van der Waals surface area contributed by atoms with Crippen molar-refractivity contribution in [2.75, 3.05) is 0 Å². The van der Waals surface area contributed by atoms with Crippen LogP contribution < -0.4 is 10.9 Å². The van der Waals surface area contributed by atoms with Gasteiger partial charge in [-0.2, -0.15) is 5.10 Å². The monoisotopic (exact) mass is 319 g/mol. The van der Waals surface area contributed by atoms with E-state index in [0.29, 0.717) is 0 Å². The summed E-state index contributed by atoms with van der Waals surface area (Å²) in [5.74, 6) is -2.38. The molecular formula is C15H14FN3O4. The first-order valence-corrected chi connectivity index (χ1v) is 6.73. The van der Waals surface area contributed by atoms with E-state index in [1.54, 1.807) is 6.07 Å². The molecule has 0 saturated carbocycles. The van der Waals surface area contributed by atoms with Crippen molar-refractivity contribution in [2.45, 2.75) is 19.5 Å². The minimum atomic E-state index is -1.20. The summed E-state index contributed by atoms with van der Waals surface area (Å²) < 4.78 is 14.6. The largest absolute Gasteiger partial charge is 0.480 e. The molecule has 0 aliphatic rings. The Bertz CT molecular complexity index is 803. The maximum atomic E-state index is 13.8. The normalized spacial score (nSPS) is 11.7. The first-order valence-electron chi connectivity index (χ1n) is 6.73. The second-order valence-electron chi connectivity index (χ2n) is 4.82. The van der Waals surface area contributed by atoms with Crippen molar-refractivity contribution in [1.82, 2.24) is 15.1 Å². The first kappa shape index (κ1) is 16.3. The van der Waals surface area contributed by atoms with Gasteiger partial charge in [-0.1, -0.05) is 12.1 Å². The Balaban J connectivity index is 2.25. The fraction of sp³-hybridized carbons (Fsp3) is 0.200. The maximum Gasteiger partial charge on any atom is 0.325 e. The molecule has 1 heterocycles. The zero-order valence-corrected chi connectivity index (χ0v) is 12.2. The van der Waals surface area contributed by atoms with Crippen LogP contribution in [0.3, 0.4) is 0 Å². The van der Waals surface area contributed by atoms with Crippen LogP contribution in [0.15, 0.2) is 41.2 Å². The lowest BCUT2D eigenvalue weighted by atomic mass is 10.1. The fourth-order valence-electron chi connectivity index (χ4n) is 1.86. The number of nitrogens with one attached hydrogen (secondary N) is 1. The molecule has 120 valence electrons. The third-order valence-corrected chi connectivity index (χ3v) is 3.06. The number of carboxylic acids is 1. The molecule has 0 bridgehead atoms. The van der Waals surface area contributed by atoms with Gasteiger partial charge in [0, 0.05) is 11.6 Å². The molecule has 2 aromatic rings. The highest BCUT2D eigenvalue weighted by atomic mass is 19.1. The van der Waals surface area contributed by atoms with E-state index in [-0.39, 0.29) is 11.3 Å². The van der Waals surface area contributed by atoms with Gasteiger partial charge in [-0.3, -0.25) is 14.4 Å². The lowest BCUT2D eigenvalue weighted by Crippen LogP contribution is -2.41. The van der Waals surface area contributed by atoms with E-state index < -0.39 is 35.8 Å². The van der Waals surface area contributed by atoms with Gasteiger partial charge in [-0.05, 0) is 25.1 Å². The van der Waals surface area contributed by atoms with Crippen molar-refractivity contribution in [2.24, 2.45) is 0 Å². The van der Waals surface area contributed by atoms with Gasteiger partial charge in [0.25, 0.3) is 5.56 Å². The van der Waals surface area contributed by atoms with Crippen molar-refractivity contribution in [3.8, 4) is 11.3 Å². The number of benzene rings is 1. The quantitative estimate of drug-likeness (QED) is 0.842. The number of amides is 1. The summed E-state index contributed by atoms with van der Waals surface area (Å²) in [4.78, 5) is 34.2. The summed E-state index contributed by atoms with van der Waals surface area (Å²) >= 11 is 0. The van der Waals surface area contributed by atoms with Crippen molar-refractivity contribution in [3.63, 3.8) is 0 Å². The van der Waals surface area contributed by atoms with Crippen LogP contribution in [0, 0.1) is 5.82 Å². The zero-order valence-electron chi connectivity index (χ0n) is 12.2. The molecule has 1 aromatic carbocycles. The van der Waals surface area contributed by atoms with E-state index in [0.717, 1.165) is 4.68 Å². The number of aromatic nitrogens is 2. The third kappa shape index (κ3) is 4.00. The molecule has 8 heteroatoms. The highest BCUT2D eigenvalue weighted by Gasteiger charge is 2.15. The van der Waals surface area contributed by atoms with Gasteiger partial charge in [0.15, 0.2) is 0 Å². The Kier molecular flexibility index (Phi) is 4.85.